The fraction of sp³-hybridized carbons (Fsp3) is 0.240. The van der Waals surface area contributed by atoms with Crippen LogP contribution in [-0.4, -0.2) is 25.8 Å². The van der Waals surface area contributed by atoms with E-state index in [4.69, 9.17) is 5.11 Å². The highest BCUT2D eigenvalue weighted by molar-refractivity contribution is 5.87. The average Bonchev–Trinajstić information content (AvgIpc) is 3.13. The molecule has 1 aromatic heterocycles. The van der Waals surface area contributed by atoms with Gasteiger partial charge in [-0.1, -0.05) is 48.2 Å². The van der Waals surface area contributed by atoms with Crippen molar-refractivity contribution < 1.29 is 9.90 Å². The van der Waals surface area contributed by atoms with Crippen LogP contribution in [0.15, 0.2) is 48.5 Å². The zero-order valence-corrected chi connectivity index (χ0v) is 17.1. The summed E-state index contributed by atoms with van der Waals surface area (Å²) in [5, 5.41) is 13.7. The Kier molecular flexibility index (Phi) is 7.03. The Bertz CT molecular complexity index is 1150. The molecule has 0 bridgehead atoms. The molecule has 5 nitrogen and oxygen atoms in total. The number of carbonyl (C=O) groups is 1. The van der Waals surface area contributed by atoms with Gasteiger partial charge in [0.25, 0.3) is 0 Å². The molecule has 30 heavy (non-hydrogen) atoms. The third kappa shape index (κ3) is 5.59. The van der Waals surface area contributed by atoms with E-state index in [1.807, 2.05) is 17.7 Å². The lowest BCUT2D eigenvalue weighted by atomic mass is 10.0. The van der Waals surface area contributed by atoms with E-state index in [0.29, 0.717) is 37.2 Å². The van der Waals surface area contributed by atoms with E-state index < -0.39 is 5.97 Å². The molecule has 0 aliphatic heterocycles. The third-order valence-corrected chi connectivity index (χ3v) is 4.58. The molecular weight excluding hydrogens is 374 g/mol. The van der Waals surface area contributed by atoms with Crippen LogP contribution in [0.25, 0.3) is 0 Å². The molecule has 0 fully saturated rings. The van der Waals surface area contributed by atoms with Crippen molar-refractivity contribution in [3.63, 3.8) is 0 Å². The minimum Gasteiger partial charge on any atom is -0.478 e. The molecule has 0 saturated heterocycles. The van der Waals surface area contributed by atoms with E-state index in [-0.39, 0.29) is 0 Å². The summed E-state index contributed by atoms with van der Waals surface area (Å²) in [5.74, 6) is 12.5. The van der Waals surface area contributed by atoms with E-state index in [1.54, 1.807) is 25.1 Å². The zero-order valence-electron chi connectivity index (χ0n) is 17.1. The second kappa shape index (κ2) is 10.1. The van der Waals surface area contributed by atoms with Gasteiger partial charge in [0.15, 0.2) is 5.82 Å². The van der Waals surface area contributed by atoms with Crippen molar-refractivity contribution in [1.82, 2.24) is 14.8 Å². The van der Waals surface area contributed by atoms with Gasteiger partial charge in [0, 0.05) is 0 Å². The third-order valence-electron chi connectivity index (χ3n) is 4.58. The quantitative estimate of drug-likeness (QED) is 0.617. The van der Waals surface area contributed by atoms with Gasteiger partial charge in [0.1, 0.15) is 5.82 Å². The fourth-order valence-electron chi connectivity index (χ4n) is 3.08. The van der Waals surface area contributed by atoms with Crippen molar-refractivity contribution in [2.45, 2.75) is 39.7 Å². The highest BCUT2D eigenvalue weighted by Crippen LogP contribution is 2.14. The molecular formula is C25H23N3O2. The molecule has 5 heteroatoms. The molecule has 0 amide bonds. The van der Waals surface area contributed by atoms with Crippen LogP contribution in [0.4, 0.5) is 0 Å². The molecule has 1 heterocycles. The average molecular weight is 397 g/mol. The standard InChI is InChI=1S/C25H23N3O2/c1-3-5-10-23-26-24(11-6-4-2)28(27-23)18-20-14-12-19(13-15-20)16-21-8-7-9-22(17-21)25(29)30/h7-9,12-15,17H,10-11,16,18H2,1-2H3,(H,29,30). The van der Waals surface area contributed by atoms with E-state index in [2.05, 4.69) is 58.0 Å². The summed E-state index contributed by atoms with van der Waals surface area (Å²) in [6.07, 6.45) is 1.77. The first kappa shape index (κ1) is 20.9. The van der Waals surface area contributed by atoms with Crippen LogP contribution in [0.1, 0.15) is 52.5 Å². The van der Waals surface area contributed by atoms with Gasteiger partial charge in [-0.15, -0.1) is 11.8 Å². The number of aromatic carboxylic acids is 1. The predicted octanol–water partition coefficient (Wildman–Crippen LogP) is 3.75. The van der Waals surface area contributed by atoms with Crippen molar-refractivity contribution in [3.8, 4) is 23.7 Å². The Morgan fingerprint density at radius 1 is 0.967 bits per heavy atom. The van der Waals surface area contributed by atoms with Gasteiger partial charge < -0.3 is 5.11 Å². The van der Waals surface area contributed by atoms with Gasteiger partial charge in [-0.3, -0.25) is 0 Å². The van der Waals surface area contributed by atoms with Crippen molar-refractivity contribution >= 4 is 5.97 Å². The van der Waals surface area contributed by atoms with Crippen LogP contribution < -0.4 is 0 Å². The van der Waals surface area contributed by atoms with Crippen molar-refractivity contribution in [2.75, 3.05) is 0 Å². The molecule has 0 aliphatic carbocycles. The monoisotopic (exact) mass is 397 g/mol. The lowest BCUT2D eigenvalue weighted by molar-refractivity contribution is 0.0696. The number of aromatic nitrogens is 3. The summed E-state index contributed by atoms with van der Waals surface area (Å²) in [6.45, 7) is 4.23. The van der Waals surface area contributed by atoms with Crippen LogP contribution in [0.2, 0.25) is 0 Å². The lowest BCUT2D eigenvalue weighted by Gasteiger charge is -2.07. The highest BCUT2D eigenvalue weighted by Gasteiger charge is 2.09. The Hall–Kier alpha value is -3.83. The first-order chi connectivity index (χ1) is 14.6. The van der Waals surface area contributed by atoms with Crippen LogP contribution in [0.5, 0.6) is 0 Å². The second-order valence-corrected chi connectivity index (χ2v) is 6.81. The summed E-state index contributed by atoms with van der Waals surface area (Å²) in [6, 6.07) is 15.3. The first-order valence-electron chi connectivity index (χ1n) is 9.71. The Labute approximate surface area is 176 Å². The molecule has 2 aromatic carbocycles. The zero-order chi connectivity index (χ0) is 21.3. The van der Waals surface area contributed by atoms with Crippen LogP contribution in [0, 0.1) is 23.7 Å². The number of carboxylic acid groups (broad SMARTS) is 1. The van der Waals surface area contributed by atoms with Gasteiger partial charge in [0.2, 0.25) is 0 Å². The van der Waals surface area contributed by atoms with Gasteiger partial charge >= 0.3 is 5.97 Å². The Morgan fingerprint density at radius 2 is 1.67 bits per heavy atom. The van der Waals surface area contributed by atoms with Crippen LogP contribution in [0.3, 0.4) is 0 Å². The van der Waals surface area contributed by atoms with E-state index in [1.165, 1.54) is 0 Å². The fourth-order valence-corrected chi connectivity index (χ4v) is 3.08. The van der Waals surface area contributed by atoms with Crippen molar-refractivity contribution in [2.24, 2.45) is 0 Å². The Balaban J connectivity index is 1.74. The number of hydrogen-bond acceptors (Lipinski definition) is 3. The first-order valence-corrected chi connectivity index (χ1v) is 9.71. The van der Waals surface area contributed by atoms with Crippen LogP contribution in [-0.2, 0) is 25.8 Å². The van der Waals surface area contributed by atoms with Gasteiger partial charge in [-0.2, -0.15) is 5.10 Å². The molecule has 0 atom stereocenters. The highest BCUT2D eigenvalue weighted by atomic mass is 16.4. The number of carboxylic acids is 1. The lowest BCUT2D eigenvalue weighted by Crippen LogP contribution is -2.07. The number of rotatable bonds is 7. The normalized spacial score (nSPS) is 9.93. The predicted molar refractivity (Wildman–Crippen MR) is 116 cm³/mol. The van der Waals surface area contributed by atoms with Gasteiger partial charge in [-0.05, 0) is 49.1 Å². The second-order valence-electron chi connectivity index (χ2n) is 6.81. The smallest absolute Gasteiger partial charge is 0.335 e. The van der Waals surface area contributed by atoms with Gasteiger partial charge in [-0.25, -0.2) is 14.5 Å². The molecule has 0 radical (unpaired) electrons. The molecule has 3 rings (SSSR count). The van der Waals surface area contributed by atoms with E-state index in [0.717, 1.165) is 22.5 Å². The SMILES string of the molecule is CC#CCc1nc(CC#CC)n(Cc2ccc(Cc3cccc(C(=O)O)c3)cc2)n1. The molecule has 0 spiro atoms. The molecule has 0 unspecified atom stereocenters. The topological polar surface area (TPSA) is 68.0 Å². The van der Waals surface area contributed by atoms with Crippen LogP contribution >= 0.6 is 0 Å². The number of hydrogen-bond donors (Lipinski definition) is 1. The maximum Gasteiger partial charge on any atom is 0.335 e. The van der Waals surface area contributed by atoms with Gasteiger partial charge in [0.05, 0.1) is 24.9 Å². The van der Waals surface area contributed by atoms with E-state index in [9.17, 15) is 4.79 Å². The number of benzene rings is 2. The molecule has 3 aromatic rings. The largest absolute Gasteiger partial charge is 0.478 e. The van der Waals surface area contributed by atoms with Crippen molar-refractivity contribution in [1.29, 1.82) is 0 Å². The molecule has 1 N–H and O–H groups in total. The summed E-state index contributed by atoms with van der Waals surface area (Å²) < 4.78 is 1.89. The van der Waals surface area contributed by atoms with E-state index >= 15 is 0 Å². The number of nitrogens with zero attached hydrogens (tertiary/aromatic N) is 3. The minimum absolute atomic E-state index is 0.307. The molecule has 150 valence electrons. The summed E-state index contributed by atoms with van der Waals surface area (Å²) in [5.41, 5.74) is 3.51. The Morgan fingerprint density at radius 3 is 2.37 bits per heavy atom. The van der Waals surface area contributed by atoms with Crippen molar-refractivity contribution in [3.05, 3.63) is 82.4 Å². The summed E-state index contributed by atoms with van der Waals surface area (Å²) >= 11 is 0. The minimum atomic E-state index is -0.909. The molecule has 0 aliphatic rings. The summed E-state index contributed by atoms with van der Waals surface area (Å²) in [7, 11) is 0. The molecule has 0 saturated carbocycles. The maximum absolute atomic E-state index is 11.1. The summed E-state index contributed by atoms with van der Waals surface area (Å²) in [4.78, 5) is 15.7. The maximum atomic E-state index is 11.1.